The van der Waals surface area contributed by atoms with Crippen molar-refractivity contribution in [2.24, 2.45) is 5.73 Å². The minimum Gasteiger partial charge on any atom is -0.477 e. The second-order valence-corrected chi connectivity index (χ2v) is 6.52. The molecule has 0 aliphatic rings. The Labute approximate surface area is 149 Å². The molecular weight excluding hydrogens is 340 g/mol. The molecule has 9 heteroatoms. The number of nitrogens with zero attached hydrogens (tertiary/aromatic N) is 2. The van der Waals surface area contributed by atoms with E-state index in [1.807, 2.05) is 0 Å². The van der Waals surface area contributed by atoms with Gasteiger partial charge in [-0.25, -0.2) is 14.3 Å². The van der Waals surface area contributed by atoms with Crippen LogP contribution in [0.4, 0.5) is 4.79 Å². The summed E-state index contributed by atoms with van der Waals surface area (Å²) in [4.78, 5) is 34.4. The summed E-state index contributed by atoms with van der Waals surface area (Å²) in [6.07, 6.45) is -0.566. The van der Waals surface area contributed by atoms with Crippen LogP contribution in [0.15, 0.2) is 30.3 Å². The maximum atomic E-state index is 11.7. The Morgan fingerprint density at radius 3 is 2.54 bits per heavy atom. The molecule has 9 nitrogen and oxygen atoms in total. The third kappa shape index (κ3) is 4.82. The molecule has 0 aliphatic carbocycles. The molecule has 138 valence electrons. The zero-order chi connectivity index (χ0) is 19.5. The molecule has 0 fully saturated rings. The van der Waals surface area contributed by atoms with Crippen molar-refractivity contribution in [1.29, 1.82) is 0 Å². The number of aromatic carboxylic acids is 1. The van der Waals surface area contributed by atoms with E-state index in [-0.39, 0.29) is 17.9 Å². The van der Waals surface area contributed by atoms with Gasteiger partial charge in [0.15, 0.2) is 11.4 Å². The summed E-state index contributed by atoms with van der Waals surface area (Å²) in [5.74, 6) is -2.07. The zero-order valence-electron chi connectivity index (χ0n) is 14.6. The highest BCUT2D eigenvalue weighted by molar-refractivity contribution is 5.94. The molecule has 0 radical (unpaired) electrons. The molecule has 1 heterocycles. The highest BCUT2D eigenvalue weighted by Gasteiger charge is 2.19. The number of aromatic nitrogens is 2. The molecule has 0 spiro atoms. The van der Waals surface area contributed by atoms with Crippen LogP contribution in [-0.4, -0.2) is 38.5 Å². The van der Waals surface area contributed by atoms with E-state index in [1.54, 1.807) is 45.0 Å². The number of hydrogen-bond donors (Lipinski definition) is 3. The lowest BCUT2D eigenvalue weighted by Crippen LogP contribution is -2.32. The van der Waals surface area contributed by atoms with Gasteiger partial charge in [0, 0.05) is 12.6 Å². The number of carbonyl (C=O) groups is 3. The van der Waals surface area contributed by atoms with Gasteiger partial charge in [0.25, 0.3) is 5.91 Å². The van der Waals surface area contributed by atoms with E-state index < -0.39 is 23.6 Å². The highest BCUT2D eigenvalue weighted by atomic mass is 16.6. The summed E-state index contributed by atoms with van der Waals surface area (Å²) >= 11 is 0. The normalized spacial score (nSPS) is 11.0. The van der Waals surface area contributed by atoms with E-state index in [1.165, 1.54) is 0 Å². The van der Waals surface area contributed by atoms with Crippen molar-refractivity contribution in [1.82, 2.24) is 15.1 Å². The average molecular weight is 360 g/mol. The number of benzene rings is 1. The molecule has 1 aromatic carbocycles. The summed E-state index contributed by atoms with van der Waals surface area (Å²) in [6, 6.07) is 7.80. The second-order valence-electron chi connectivity index (χ2n) is 6.52. The number of alkyl carbamates (subject to hydrolysis) is 1. The Balaban J connectivity index is 2.23. The van der Waals surface area contributed by atoms with Crippen LogP contribution < -0.4 is 11.1 Å². The summed E-state index contributed by atoms with van der Waals surface area (Å²) in [5, 5.41) is 15.8. The molecular formula is C17H20N4O5. The van der Waals surface area contributed by atoms with Crippen molar-refractivity contribution < 1.29 is 24.2 Å². The summed E-state index contributed by atoms with van der Waals surface area (Å²) in [5.41, 5.74) is 5.32. The molecule has 0 saturated heterocycles. The van der Waals surface area contributed by atoms with Gasteiger partial charge in [-0.2, -0.15) is 5.10 Å². The first-order valence-electron chi connectivity index (χ1n) is 7.76. The van der Waals surface area contributed by atoms with Crippen molar-refractivity contribution in [2.45, 2.75) is 32.9 Å². The predicted octanol–water partition coefficient (Wildman–Crippen LogP) is 1.69. The van der Waals surface area contributed by atoms with E-state index in [0.717, 1.165) is 10.7 Å². The number of carboxylic acid groups (broad SMARTS) is 1. The lowest BCUT2D eigenvalue weighted by molar-refractivity contribution is 0.0522. The minimum absolute atomic E-state index is 0.153. The van der Waals surface area contributed by atoms with Crippen molar-refractivity contribution in [3.05, 3.63) is 47.3 Å². The Bertz CT molecular complexity index is 851. The third-order valence-corrected chi connectivity index (χ3v) is 3.17. The summed E-state index contributed by atoms with van der Waals surface area (Å²) < 4.78 is 6.27. The first kappa shape index (κ1) is 19.0. The molecule has 4 N–H and O–H groups in total. The molecule has 2 rings (SSSR count). The Morgan fingerprint density at radius 1 is 1.27 bits per heavy atom. The van der Waals surface area contributed by atoms with Gasteiger partial charge in [-0.3, -0.25) is 4.79 Å². The Hall–Kier alpha value is -3.36. The number of nitrogens with two attached hydrogens (primary N) is 1. The predicted molar refractivity (Wildman–Crippen MR) is 92.1 cm³/mol. The van der Waals surface area contributed by atoms with Crippen LogP contribution >= 0.6 is 0 Å². The molecule has 26 heavy (non-hydrogen) atoms. The molecule has 0 bridgehead atoms. The van der Waals surface area contributed by atoms with Crippen molar-refractivity contribution >= 4 is 18.0 Å². The van der Waals surface area contributed by atoms with Crippen LogP contribution in [0.25, 0.3) is 5.69 Å². The quantitative estimate of drug-likeness (QED) is 0.742. The van der Waals surface area contributed by atoms with E-state index in [4.69, 9.17) is 10.5 Å². The maximum Gasteiger partial charge on any atom is 0.407 e. The van der Waals surface area contributed by atoms with Gasteiger partial charge in [0.05, 0.1) is 5.69 Å². The smallest absolute Gasteiger partial charge is 0.407 e. The van der Waals surface area contributed by atoms with Gasteiger partial charge in [0.1, 0.15) is 5.60 Å². The maximum absolute atomic E-state index is 11.7. The summed E-state index contributed by atoms with van der Waals surface area (Å²) in [6.45, 7) is 5.45. The zero-order valence-corrected chi connectivity index (χ0v) is 14.6. The lowest BCUT2D eigenvalue weighted by atomic mass is 10.2. The van der Waals surface area contributed by atoms with Crippen LogP contribution in [0.1, 0.15) is 47.3 Å². The van der Waals surface area contributed by atoms with Crippen molar-refractivity contribution in [3.63, 3.8) is 0 Å². The Morgan fingerprint density at radius 2 is 1.96 bits per heavy atom. The number of rotatable bonds is 5. The van der Waals surface area contributed by atoms with Gasteiger partial charge in [-0.05, 0) is 38.5 Å². The van der Waals surface area contributed by atoms with Crippen LogP contribution in [0.3, 0.4) is 0 Å². The van der Waals surface area contributed by atoms with E-state index in [0.29, 0.717) is 11.3 Å². The highest BCUT2D eigenvalue weighted by Crippen LogP contribution is 2.15. The van der Waals surface area contributed by atoms with Gasteiger partial charge in [-0.1, -0.05) is 12.1 Å². The fourth-order valence-electron chi connectivity index (χ4n) is 2.14. The number of nitrogens with one attached hydrogen (secondary N) is 1. The standard InChI is InChI=1S/C17H20N4O5/c1-17(2,3)26-16(25)19-9-10-5-4-6-11(7-10)21-13(15(23)24)8-12(20-21)14(18)22/h4-8H,9H2,1-3H3,(H2,18,22)(H,19,25)(H,23,24). The molecule has 0 saturated carbocycles. The van der Waals surface area contributed by atoms with Crippen LogP contribution in [0.2, 0.25) is 0 Å². The van der Waals surface area contributed by atoms with E-state index in [9.17, 15) is 19.5 Å². The first-order valence-corrected chi connectivity index (χ1v) is 7.76. The van der Waals surface area contributed by atoms with Crippen molar-refractivity contribution in [3.8, 4) is 5.69 Å². The number of carboxylic acids is 1. The van der Waals surface area contributed by atoms with Crippen LogP contribution in [-0.2, 0) is 11.3 Å². The molecule has 0 aliphatic heterocycles. The minimum atomic E-state index is -1.25. The lowest BCUT2D eigenvalue weighted by Gasteiger charge is -2.19. The molecule has 1 aromatic heterocycles. The molecule has 2 amide bonds. The topological polar surface area (TPSA) is 137 Å². The Kier molecular flexibility index (Phi) is 5.30. The van der Waals surface area contributed by atoms with Gasteiger partial charge >= 0.3 is 12.1 Å². The monoisotopic (exact) mass is 360 g/mol. The van der Waals surface area contributed by atoms with E-state index in [2.05, 4.69) is 10.4 Å². The van der Waals surface area contributed by atoms with Crippen molar-refractivity contribution in [2.75, 3.05) is 0 Å². The van der Waals surface area contributed by atoms with Gasteiger partial charge < -0.3 is 20.9 Å². The largest absolute Gasteiger partial charge is 0.477 e. The number of carbonyl (C=O) groups excluding carboxylic acids is 2. The fourth-order valence-corrected chi connectivity index (χ4v) is 2.14. The van der Waals surface area contributed by atoms with Gasteiger partial charge in [-0.15, -0.1) is 0 Å². The number of ether oxygens (including phenoxy) is 1. The van der Waals surface area contributed by atoms with Crippen LogP contribution in [0, 0.1) is 0 Å². The fraction of sp³-hybridized carbons (Fsp3) is 0.294. The van der Waals surface area contributed by atoms with Crippen LogP contribution in [0.5, 0.6) is 0 Å². The van der Waals surface area contributed by atoms with Gasteiger partial charge in [0.2, 0.25) is 0 Å². The molecule has 2 aromatic rings. The van der Waals surface area contributed by atoms with E-state index >= 15 is 0 Å². The molecule has 0 unspecified atom stereocenters. The molecule has 0 atom stereocenters. The number of hydrogen-bond acceptors (Lipinski definition) is 5. The SMILES string of the molecule is CC(C)(C)OC(=O)NCc1cccc(-n2nc(C(N)=O)cc2C(=O)O)c1. The second kappa shape index (κ2) is 7.26. The number of primary amides is 1. The average Bonchev–Trinajstić information content (AvgIpc) is 2.97. The number of amides is 2. The first-order chi connectivity index (χ1) is 12.1. The summed E-state index contributed by atoms with van der Waals surface area (Å²) in [7, 11) is 0. The third-order valence-electron chi connectivity index (χ3n) is 3.17.